The van der Waals surface area contributed by atoms with Crippen LogP contribution in [0, 0.1) is 0 Å². The lowest BCUT2D eigenvalue weighted by Crippen LogP contribution is -1.89. The molecule has 3 rings (SSSR count). The number of methoxy groups -OCH3 is 1. The quantitative estimate of drug-likeness (QED) is 0.650. The standard InChI is InChI=1S/C14H12O.C4H9F/c1-15-14-8-4-7-12-11-6-3-2-5-10(11)9-13(12)14;1-2-3-4-5/h2-8H,9H2,1H3;2-4H2,1H3. The van der Waals surface area contributed by atoms with E-state index in [-0.39, 0.29) is 6.67 Å². The Morgan fingerprint density at radius 3 is 2.45 bits per heavy atom. The number of ether oxygens (including phenoxy) is 1. The molecule has 0 atom stereocenters. The van der Waals surface area contributed by atoms with Crippen LogP contribution in [-0.2, 0) is 6.42 Å². The second-order valence-corrected chi connectivity index (χ2v) is 4.86. The molecule has 0 saturated heterocycles. The van der Waals surface area contributed by atoms with Crippen molar-refractivity contribution >= 4 is 0 Å². The second kappa shape index (κ2) is 7.09. The number of hydrogen-bond acceptors (Lipinski definition) is 1. The van der Waals surface area contributed by atoms with Gasteiger partial charge in [0.1, 0.15) is 5.75 Å². The van der Waals surface area contributed by atoms with Crippen molar-refractivity contribution in [1.29, 1.82) is 0 Å². The molecule has 2 heteroatoms. The third-order valence-corrected chi connectivity index (χ3v) is 3.51. The van der Waals surface area contributed by atoms with Crippen LogP contribution in [0.1, 0.15) is 30.9 Å². The molecule has 0 heterocycles. The van der Waals surface area contributed by atoms with Gasteiger partial charge in [0.2, 0.25) is 0 Å². The Bertz CT molecular complexity index is 561. The molecule has 0 amide bonds. The fraction of sp³-hybridized carbons (Fsp3) is 0.333. The van der Waals surface area contributed by atoms with Gasteiger partial charge in [0.05, 0.1) is 13.8 Å². The van der Waals surface area contributed by atoms with Gasteiger partial charge in [0.25, 0.3) is 0 Å². The van der Waals surface area contributed by atoms with Gasteiger partial charge in [0.15, 0.2) is 0 Å². The number of rotatable bonds is 3. The minimum atomic E-state index is -0.156. The highest BCUT2D eigenvalue weighted by Gasteiger charge is 2.20. The molecular formula is C18H21FO. The normalized spacial score (nSPS) is 11.2. The van der Waals surface area contributed by atoms with Gasteiger partial charge < -0.3 is 4.74 Å². The summed E-state index contributed by atoms with van der Waals surface area (Å²) in [5.74, 6) is 1.00. The molecule has 106 valence electrons. The van der Waals surface area contributed by atoms with Crippen molar-refractivity contribution in [3.8, 4) is 16.9 Å². The lowest BCUT2D eigenvalue weighted by molar-refractivity contribution is 0.411. The summed E-state index contributed by atoms with van der Waals surface area (Å²) in [6, 6.07) is 14.8. The van der Waals surface area contributed by atoms with E-state index in [0.29, 0.717) is 0 Å². The van der Waals surface area contributed by atoms with Gasteiger partial charge in [-0.1, -0.05) is 49.7 Å². The Balaban J connectivity index is 0.000000257. The molecule has 0 bridgehead atoms. The number of alkyl halides is 1. The molecule has 2 aromatic rings. The van der Waals surface area contributed by atoms with Crippen LogP contribution in [0.2, 0.25) is 0 Å². The topological polar surface area (TPSA) is 9.23 Å². The van der Waals surface area contributed by atoms with E-state index in [1.807, 2.05) is 13.0 Å². The number of unbranched alkanes of at least 4 members (excludes halogenated alkanes) is 1. The van der Waals surface area contributed by atoms with E-state index in [0.717, 1.165) is 25.0 Å². The van der Waals surface area contributed by atoms with Gasteiger partial charge in [-0.3, -0.25) is 4.39 Å². The molecule has 2 aromatic carbocycles. The zero-order chi connectivity index (χ0) is 14.4. The molecular weight excluding hydrogens is 251 g/mol. The monoisotopic (exact) mass is 272 g/mol. The molecule has 1 aliphatic rings. The van der Waals surface area contributed by atoms with Crippen LogP contribution in [-0.4, -0.2) is 13.8 Å². The van der Waals surface area contributed by atoms with Gasteiger partial charge in [0, 0.05) is 12.0 Å². The predicted molar refractivity (Wildman–Crippen MR) is 82.1 cm³/mol. The minimum Gasteiger partial charge on any atom is -0.496 e. The molecule has 1 nitrogen and oxygen atoms in total. The molecule has 0 aromatic heterocycles. The van der Waals surface area contributed by atoms with Gasteiger partial charge in [-0.25, -0.2) is 0 Å². The summed E-state index contributed by atoms with van der Waals surface area (Å²) < 4.78 is 16.4. The molecule has 0 saturated carbocycles. The highest BCUT2D eigenvalue weighted by Crippen LogP contribution is 2.40. The average Bonchev–Trinajstić information content (AvgIpc) is 2.87. The zero-order valence-corrected chi connectivity index (χ0v) is 12.2. The number of benzene rings is 2. The first-order valence-corrected chi connectivity index (χ1v) is 7.12. The maximum Gasteiger partial charge on any atom is 0.123 e. The van der Waals surface area contributed by atoms with E-state index in [4.69, 9.17) is 4.74 Å². The third-order valence-electron chi connectivity index (χ3n) is 3.51. The SMILES string of the molecule is CCCCF.COc1cccc2c1Cc1ccccc1-2. The first kappa shape index (κ1) is 14.6. The Hall–Kier alpha value is -1.83. The predicted octanol–water partition coefficient (Wildman–Crippen LogP) is 5.02. The summed E-state index contributed by atoms with van der Waals surface area (Å²) in [6.45, 7) is 1.82. The van der Waals surface area contributed by atoms with Crippen LogP contribution in [0.3, 0.4) is 0 Å². The first-order valence-electron chi connectivity index (χ1n) is 7.12. The zero-order valence-electron chi connectivity index (χ0n) is 12.2. The van der Waals surface area contributed by atoms with Gasteiger partial charge in [-0.15, -0.1) is 0 Å². The van der Waals surface area contributed by atoms with Crippen molar-refractivity contribution in [3.05, 3.63) is 53.6 Å². The van der Waals surface area contributed by atoms with Crippen LogP contribution in [0.4, 0.5) is 4.39 Å². The fourth-order valence-corrected chi connectivity index (χ4v) is 2.45. The highest BCUT2D eigenvalue weighted by atomic mass is 19.1. The summed E-state index contributed by atoms with van der Waals surface area (Å²) in [7, 11) is 1.73. The molecule has 0 fully saturated rings. The Morgan fingerprint density at radius 2 is 1.80 bits per heavy atom. The fourth-order valence-electron chi connectivity index (χ4n) is 2.45. The van der Waals surface area contributed by atoms with E-state index in [9.17, 15) is 4.39 Å². The Kier molecular flexibility index (Phi) is 5.16. The van der Waals surface area contributed by atoms with E-state index in [1.54, 1.807) is 7.11 Å². The van der Waals surface area contributed by atoms with Crippen molar-refractivity contribution in [1.82, 2.24) is 0 Å². The summed E-state index contributed by atoms with van der Waals surface area (Å²) >= 11 is 0. The summed E-state index contributed by atoms with van der Waals surface area (Å²) in [6.07, 6.45) is 2.69. The number of fused-ring (bicyclic) bond motifs is 3. The maximum absolute atomic E-state index is 11.0. The summed E-state index contributed by atoms with van der Waals surface area (Å²) in [5.41, 5.74) is 5.40. The largest absolute Gasteiger partial charge is 0.496 e. The molecule has 0 N–H and O–H groups in total. The maximum atomic E-state index is 11.0. The highest BCUT2D eigenvalue weighted by molar-refractivity contribution is 5.78. The second-order valence-electron chi connectivity index (χ2n) is 4.86. The van der Waals surface area contributed by atoms with Crippen LogP contribution in [0.5, 0.6) is 5.75 Å². The van der Waals surface area contributed by atoms with Gasteiger partial charge in [-0.05, 0) is 29.2 Å². The lowest BCUT2D eigenvalue weighted by Gasteiger charge is -2.05. The van der Waals surface area contributed by atoms with Gasteiger partial charge in [-0.2, -0.15) is 0 Å². The molecule has 0 aliphatic heterocycles. The van der Waals surface area contributed by atoms with Crippen LogP contribution in [0.25, 0.3) is 11.1 Å². The third kappa shape index (κ3) is 3.01. The van der Waals surface area contributed by atoms with Crippen molar-refractivity contribution in [2.24, 2.45) is 0 Å². The van der Waals surface area contributed by atoms with Crippen molar-refractivity contribution in [3.63, 3.8) is 0 Å². The number of hydrogen-bond donors (Lipinski definition) is 0. The lowest BCUT2D eigenvalue weighted by atomic mass is 10.1. The molecule has 20 heavy (non-hydrogen) atoms. The molecule has 0 unspecified atom stereocenters. The Morgan fingerprint density at radius 1 is 1.05 bits per heavy atom. The van der Waals surface area contributed by atoms with Crippen molar-refractivity contribution < 1.29 is 9.13 Å². The van der Waals surface area contributed by atoms with E-state index in [1.165, 1.54) is 22.3 Å². The first-order chi connectivity index (χ1) is 9.81. The molecule has 0 radical (unpaired) electrons. The number of halogens is 1. The van der Waals surface area contributed by atoms with Gasteiger partial charge >= 0.3 is 0 Å². The minimum absolute atomic E-state index is 0.156. The van der Waals surface area contributed by atoms with Crippen molar-refractivity contribution in [2.75, 3.05) is 13.8 Å². The Labute approximate surface area is 120 Å². The van der Waals surface area contributed by atoms with Crippen LogP contribution in [0.15, 0.2) is 42.5 Å². The van der Waals surface area contributed by atoms with E-state index in [2.05, 4.69) is 36.4 Å². The van der Waals surface area contributed by atoms with E-state index < -0.39 is 0 Å². The smallest absolute Gasteiger partial charge is 0.123 e. The van der Waals surface area contributed by atoms with E-state index >= 15 is 0 Å². The van der Waals surface area contributed by atoms with Crippen LogP contribution >= 0.6 is 0 Å². The van der Waals surface area contributed by atoms with Crippen molar-refractivity contribution in [2.45, 2.75) is 26.2 Å². The summed E-state index contributed by atoms with van der Waals surface area (Å²) in [4.78, 5) is 0. The van der Waals surface area contributed by atoms with Crippen LogP contribution < -0.4 is 4.74 Å². The molecule has 1 aliphatic carbocycles. The summed E-state index contributed by atoms with van der Waals surface area (Å²) in [5, 5.41) is 0. The average molecular weight is 272 g/mol. The molecule has 0 spiro atoms.